The number of benzene rings is 2. The molecule has 1 aliphatic rings. The largest absolute Gasteiger partial charge is 0.859 e. The summed E-state index contributed by atoms with van der Waals surface area (Å²) in [7, 11) is 0. The molecule has 4 nitrogen and oxygen atoms in total. The van der Waals surface area contributed by atoms with Crippen molar-refractivity contribution in [1.82, 2.24) is 4.57 Å². The van der Waals surface area contributed by atoms with Gasteiger partial charge in [-0.25, -0.2) is 9.13 Å². The molecule has 140 valence electrons. The van der Waals surface area contributed by atoms with Crippen LogP contribution in [-0.4, -0.2) is 10.5 Å². The molecule has 27 heavy (non-hydrogen) atoms. The van der Waals surface area contributed by atoms with Gasteiger partial charge in [0.05, 0.1) is 18.7 Å². The van der Waals surface area contributed by atoms with Crippen molar-refractivity contribution in [1.29, 1.82) is 0 Å². The summed E-state index contributed by atoms with van der Waals surface area (Å²) in [6.45, 7) is 5.40. The van der Waals surface area contributed by atoms with Crippen LogP contribution in [0.2, 0.25) is 0 Å². The molecule has 0 aliphatic carbocycles. The van der Waals surface area contributed by atoms with Gasteiger partial charge in [-0.15, -0.1) is 12.4 Å². The van der Waals surface area contributed by atoms with Crippen LogP contribution in [0.5, 0.6) is 0 Å². The highest BCUT2D eigenvalue weighted by Gasteiger charge is 2.28. The molecule has 3 aromatic rings. The number of aromatic nitrogens is 2. The van der Waals surface area contributed by atoms with Gasteiger partial charge >= 0.3 is 0 Å². The molecule has 5 heteroatoms. The zero-order chi connectivity index (χ0) is 18.1. The maximum atomic E-state index is 12.5. The minimum atomic E-state index is -0.113. The number of rotatable bonds is 4. The molecule has 2 heterocycles. The van der Waals surface area contributed by atoms with Crippen LogP contribution >= 0.6 is 12.4 Å². The van der Waals surface area contributed by atoms with Gasteiger partial charge in [0.25, 0.3) is 5.82 Å². The smallest absolute Gasteiger partial charge is 0.257 e. The van der Waals surface area contributed by atoms with E-state index >= 15 is 0 Å². The van der Waals surface area contributed by atoms with Gasteiger partial charge in [-0.05, 0) is 43.5 Å². The van der Waals surface area contributed by atoms with Gasteiger partial charge in [-0.3, -0.25) is 4.99 Å². The van der Waals surface area contributed by atoms with E-state index < -0.39 is 0 Å². The first-order valence-corrected chi connectivity index (χ1v) is 9.11. The Hall–Kier alpha value is -2.59. The van der Waals surface area contributed by atoms with E-state index in [1.54, 1.807) is 0 Å². The Labute approximate surface area is 166 Å². The molecular weight excluding hydrogens is 358 g/mol. The minimum Gasteiger partial charge on any atom is -0.859 e. The first kappa shape index (κ1) is 19.2. The van der Waals surface area contributed by atoms with E-state index in [4.69, 9.17) is 0 Å². The Morgan fingerprint density at radius 2 is 1.89 bits per heavy atom. The number of aliphatic imine (C=N–C) groups is 1. The van der Waals surface area contributed by atoms with Gasteiger partial charge < -0.3 is 5.11 Å². The normalized spacial score (nSPS) is 13.3. The van der Waals surface area contributed by atoms with Crippen LogP contribution < -0.4 is 9.67 Å². The van der Waals surface area contributed by atoms with Gasteiger partial charge in [0.2, 0.25) is 0 Å². The number of hydrogen-bond donors (Lipinski definition) is 0. The quantitative estimate of drug-likeness (QED) is 0.387. The third-order valence-corrected chi connectivity index (χ3v) is 5.11. The van der Waals surface area contributed by atoms with E-state index in [9.17, 15) is 5.11 Å². The van der Waals surface area contributed by atoms with Crippen molar-refractivity contribution in [2.24, 2.45) is 4.99 Å². The molecule has 1 aromatic heterocycles. The third kappa shape index (κ3) is 3.91. The second-order valence-electron chi connectivity index (χ2n) is 6.95. The summed E-state index contributed by atoms with van der Waals surface area (Å²) in [6, 6.07) is 16.3. The number of nitrogens with zero attached hydrogens (tertiary/aromatic N) is 3. The summed E-state index contributed by atoms with van der Waals surface area (Å²) in [4.78, 5) is 4.29. The highest BCUT2D eigenvalue weighted by atomic mass is 35.5. The molecular formula is C22H24ClN3O. The molecule has 0 unspecified atom stereocenters. The summed E-state index contributed by atoms with van der Waals surface area (Å²) in [5.41, 5.74) is 5.47. The maximum absolute atomic E-state index is 12.5. The molecule has 0 spiro atoms. The minimum absolute atomic E-state index is 0. The highest BCUT2D eigenvalue weighted by molar-refractivity contribution is 5.85. The number of halogens is 1. The zero-order valence-electron chi connectivity index (χ0n) is 15.7. The number of imidazole rings is 1. The number of aryl methyl sites for hydroxylation is 2. The van der Waals surface area contributed by atoms with Gasteiger partial charge in [-0.1, -0.05) is 36.4 Å². The fourth-order valence-electron chi connectivity index (χ4n) is 3.61. The number of hydrogen-bond acceptors (Lipinski definition) is 2. The average Bonchev–Trinajstić information content (AvgIpc) is 3.23. The second-order valence-corrected chi connectivity index (χ2v) is 6.95. The molecule has 0 saturated carbocycles. The van der Waals surface area contributed by atoms with Crippen molar-refractivity contribution in [2.45, 2.75) is 39.8 Å². The van der Waals surface area contributed by atoms with Crippen LogP contribution in [0.15, 0.2) is 59.7 Å². The summed E-state index contributed by atoms with van der Waals surface area (Å²) in [5, 5.41) is 12.5. The molecule has 0 saturated heterocycles. The maximum Gasteiger partial charge on any atom is 0.257 e. The van der Waals surface area contributed by atoms with Crippen LogP contribution in [0.3, 0.4) is 0 Å². The van der Waals surface area contributed by atoms with Crippen molar-refractivity contribution in [3.8, 4) is 11.3 Å². The van der Waals surface area contributed by atoms with E-state index in [1.807, 2.05) is 31.2 Å². The SMILES string of the molecule is Cc1ccc(N=C([O-])C[n+]2cc(-c3ccccc3)n3c2CCC3)cc1C.Cl. The third-order valence-electron chi connectivity index (χ3n) is 5.11. The lowest BCUT2D eigenvalue weighted by Gasteiger charge is -2.09. The average molecular weight is 382 g/mol. The monoisotopic (exact) mass is 381 g/mol. The van der Waals surface area contributed by atoms with Gasteiger partial charge in [0.1, 0.15) is 12.7 Å². The Morgan fingerprint density at radius 3 is 2.63 bits per heavy atom. The molecule has 0 atom stereocenters. The molecule has 0 fully saturated rings. The van der Waals surface area contributed by atoms with E-state index in [2.05, 4.69) is 51.5 Å². The molecule has 4 rings (SSSR count). The van der Waals surface area contributed by atoms with Crippen LogP contribution in [-0.2, 0) is 19.5 Å². The Bertz CT molecular complexity index is 977. The highest BCUT2D eigenvalue weighted by Crippen LogP contribution is 2.24. The van der Waals surface area contributed by atoms with Crippen molar-refractivity contribution in [2.75, 3.05) is 0 Å². The Balaban J connectivity index is 0.00000210. The predicted molar refractivity (Wildman–Crippen MR) is 109 cm³/mol. The van der Waals surface area contributed by atoms with Crippen LogP contribution in [0, 0.1) is 13.8 Å². The lowest BCUT2D eigenvalue weighted by molar-refractivity contribution is -0.693. The second kappa shape index (κ2) is 7.97. The van der Waals surface area contributed by atoms with E-state index in [1.165, 1.54) is 22.6 Å². The van der Waals surface area contributed by atoms with Gasteiger partial charge in [0.15, 0.2) is 5.69 Å². The van der Waals surface area contributed by atoms with Crippen LogP contribution in [0.25, 0.3) is 11.3 Å². The lowest BCUT2D eigenvalue weighted by Crippen LogP contribution is -2.43. The molecule has 0 N–H and O–H groups in total. The van der Waals surface area contributed by atoms with E-state index in [0.717, 1.165) is 30.6 Å². The molecule has 0 radical (unpaired) electrons. The Morgan fingerprint density at radius 1 is 1.11 bits per heavy atom. The van der Waals surface area contributed by atoms with Gasteiger partial charge in [0, 0.05) is 11.5 Å². The van der Waals surface area contributed by atoms with Gasteiger partial charge in [-0.2, -0.15) is 0 Å². The van der Waals surface area contributed by atoms with Crippen molar-refractivity contribution < 1.29 is 9.67 Å². The fourth-order valence-corrected chi connectivity index (χ4v) is 3.61. The number of fused-ring (bicyclic) bond motifs is 1. The fraction of sp³-hybridized carbons (Fsp3) is 0.273. The van der Waals surface area contributed by atoms with E-state index in [-0.39, 0.29) is 24.8 Å². The molecule has 0 bridgehead atoms. The summed E-state index contributed by atoms with van der Waals surface area (Å²) in [5.74, 6) is 1.10. The molecule has 1 aliphatic heterocycles. The van der Waals surface area contributed by atoms with E-state index in [0.29, 0.717) is 0 Å². The summed E-state index contributed by atoms with van der Waals surface area (Å²) < 4.78 is 4.40. The zero-order valence-corrected chi connectivity index (χ0v) is 16.5. The Kier molecular flexibility index (Phi) is 5.66. The van der Waals surface area contributed by atoms with Crippen LogP contribution in [0.1, 0.15) is 23.4 Å². The first-order valence-electron chi connectivity index (χ1n) is 9.11. The van der Waals surface area contributed by atoms with Crippen molar-refractivity contribution >= 4 is 24.0 Å². The van der Waals surface area contributed by atoms with Crippen molar-refractivity contribution in [3.63, 3.8) is 0 Å². The molecule has 0 amide bonds. The predicted octanol–water partition coefficient (Wildman–Crippen LogP) is 3.52. The molecule has 2 aromatic carbocycles. The first-order chi connectivity index (χ1) is 12.6. The topological polar surface area (TPSA) is 44.2 Å². The standard InChI is InChI=1S/C22H23N3O.ClH/c1-16-10-11-19(13-17(16)2)23-21(26)15-24-14-20(18-7-4-3-5-8-18)25-12-6-9-22(24)25;/h3-5,7-8,10-11,13-14H,6,9,12,15H2,1-2H3;1H. The van der Waals surface area contributed by atoms with Crippen LogP contribution in [0.4, 0.5) is 5.69 Å². The van der Waals surface area contributed by atoms with Crippen molar-refractivity contribution in [3.05, 3.63) is 71.7 Å². The lowest BCUT2D eigenvalue weighted by atomic mass is 10.1. The summed E-state index contributed by atoms with van der Waals surface area (Å²) >= 11 is 0. The summed E-state index contributed by atoms with van der Waals surface area (Å²) in [6.07, 6.45) is 4.22.